The first-order chi connectivity index (χ1) is 15.7. The summed E-state index contributed by atoms with van der Waals surface area (Å²) in [7, 11) is 0. The van der Waals surface area contributed by atoms with E-state index in [9.17, 15) is 23.2 Å². The second kappa shape index (κ2) is 10.3. The van der Waals surface area contributed by atoms with Gasteiger partial charge in [-0.1, -0.05) is 43.8 Å². The minimum atomic E-state index is -0.902. The number of amides is 2. The molecule has 0 saturated carbocycles. The molecule has 0 radical (unpaired) electrons. The molecule has 0 saturated heterocycles. The first-order valence-electron chi connectivity index (χ1n) is 9.95. The first kappa shape index (κ1) is 24.1. The van der Waals surface area contributed by atoms with Crippen molar-refractivity contribution in [2.24, 2.45) is 5.92 Å². The normalized spacial score (nSPS) is 11.8. The molecule has 3 aromatic rings. The maximum Gasteiger partial charge on any atom is 0.278 e. The van der Waals surface area contributed by atoms with Crippen LogP contribution in [0.5, 0.6) is 0 Å². The minimum absolute atomic E-state index is 0.00416. The summed E-state index contributed by atoms with van der Waals surface area (Å²) in [6.07, 6.45) is 0. The van der Waals surface area contributed by atoms with Gasteiger partial charge >= 0.3 is 0 Å². The number of hydrogen-bond donors (Lipinski definition) is 3. The summed E-state index contributed by atoms with van der Waals surface area (Å²) in [5.41, 5.74) is 0.101. The Kier molecular flexibility index (Phi) is 7.54. The van der Waals surface area contributed by atoms with Gasteiger partial charge in [0.2, 0.25) is 11.8 Å². The second-order valence-electron chi connectivity index (χ2n) is 7.37. The third-order valence-corrected chi connectivity index (χ3v) is 5.46. The average Bonchev–Trinajstić information content (AvgIpc) is 2.76. The third-order valence-electron chi connectivity index (χ3n) is 4.49. The molecule has 0 bridgehead atoms. The van der Waals surface area contributed by atoms with Crippen molar-refractivity contribution in [3.8, 4) is 11.3 Å². The third kappa shape index (κ3) is 6.01. The van der Waals surface area contributed by atoms with Gasteiger partial charge in [0.05, 0.1) is 16.6 Å². The van der Waals surface area contributed by atoms with E-state index < -0.39 is 28.4 Å². The predicted molar refractivity (Wildman–Crippen MR) is 122 cm³/mol. The second-order valence-corrected chi connectivity index (χ2v) is 8.70. The molecular formula is C22H21F2N5O3S. The summed E-state index contributed by atoms with van der Waals surface area (Å²) in [5.74, 6) is -2.69. The standard InChI is InChI=1S/C22H21F2N5O3S/c1-11(2)19(30)25-16-7-5-4-6-14(16)18-21(32)27-22(29-28-18)33-12(3)20(31)26-17-9-8-13(23)10-15(17)24/h4-12H,1-3H3,(H,25,30)(H,26,31)(H,27,29,32)/t12-/m1/s1. The number of anilines is 2. The van der Waals surface area contributed by atoms with Gasteiger partial charge in [0, 0.05) is 17.5 Å². The van der Waals surface area contributed by atoms with Gasteiger partial charge in [-0.05, 0) is 25.1 Å². The zero-order valence-corrected chi connectivity index (χ0v) is 18.8. The topological polar surface area (TPSA) is 117 Å². The molecule has 11 heteroatoms. The summed E-state index contributed by atoms with van der Waals surface area (Å²) < 4.78 is 26.8. The van der Waals surface area contributed by atoms with Crippen LogP contribution in [0, 0.1) is 17.6 Å². The Labute approximate surface area is 192 Å². The van der Waals surface area contributed by atoms with Crippen molar-refractivity contribution in [1.29, 1.82) is 0 Å². The number of carbonyl (C=O) groups excluding carboxylic acids is 2. The van der Waals surface area contributed by atoms with Crippen LogP contribution in [-0.4, -0.2) is 32.2 Å². The largest absolute Gasteiger partial charge is 0.325 e. The highest BCUT2D eigenvalue weighted by atomic mass is 32.2. The fourth-order valence-electron chi connectivity index (χ4n) is 2.67. The Bertz CT molecular complexity index is 1250. The van der Waals surface area contributed by atoms with Gasteiger partial charge in [0.1, 0.15) is 11.6 Å². The molecule has 8 nitrogen and oxygen atoms in total. The van der Waals surface area contributed by atoms with E-state index >= 15 is 0 Å². The molecule has 1 aromatic heterocycles. The lowest BCUT2D eigenvalue weighted by Gasteiger charge is -2.13. The van der Waals surface area contributed by atoms with Crippen molar-refractivity contribution in [1.82, 2.24) is 15.2 Å². The van der Waals surface area contributed by atoms with E-state index in [2.05, 4.69) is 25.8 Å². The van der Waals surface area contributed by atoms with Crippen molar-refractivity contribution < 1.29 is 18.4 Å². The Hall–Kier alpha value is -3.60. The zero-order chi connectivity index (χ0) is 24.1. The monoisotopic (exact) mass is 473 g/mol. The van der Waals surface area contributed by atoms with Crippen LogP contribution in [-0.2, 0) is 9.59 Å². The number of aromatic nitrogens is 3. The molecule has 2 aromatic carbocycles. The highest BCUT2D eigenvalue weighted by molar-refractivity contribution is 8.00. The van der Waals surface area contributed by atoms with Gasteiger partial charge in [-0.25, -0.2) is 8.78 Å². The van der Waals surface area contributed by atoms with E-state index in [1.807, 2.05) is 0 Å². The van der Waals surface area contributed by atoms with Crippen LogP contribution in [0.1, 0.15) is 20.8 Å². The number of halogens is 2. The average molecular weight is 474 g/mol. The van der Waals surface area contributed by atoms with E-state index in [0.717, 1.165) is 23.9 Å². The lowest BCUT2D eigenvalue weighted by atomic mass is 10.1. The van der Waals surface area contributed by atoms with Crippen LogP contribution in [0.4, 0.5) is 20.2 Å². The van der Waals surface area contributed by atoms with Crippen LogP contribution in [0.2, 0.25) is 0 Å². The lowest BCUT2D eigenvalue weighted by Crippen LogP contribution is -2.24. The fourth-order valence-corrected chi connectivity index (χ4v) is 3.41. The maximum absolute atomic E-state index is 13.8. The van der Waals surface area contributed by atoms with Gasteiger partial charge in [-0.15, -0.1) is 10.2 Å². The minimum Gasteiger partial charge on any atom is -0.325 e. The molecule has 0 aliphatic carbocycles. The Morgan fingerprint density at radius 2 is 1.67 bits per heavy atom. The molecular weight excluding hydrogens is 452 g/mol. The summed E-state index contributed by atoms with van der Waals surface area (Å²) >= 11 is 0.909. The number of rotatable bonds is 7. The van der Waals surface area contributed by atoms with E-state index in [-0.39, 0.29) is 28.4 Å². The molecule has 172 valence electrons. The molecule has 0 spiro atoms. The van der Waals surface area contributed by atoms with E-state index in [1.54, 1.807) is 38.1 Å². The molecule has 33 heavy (non-hydrogen) atoms. The van der Waals surface area contributed by atoms with E-state index in [0.29, 0.717) is 17.3 Å². The van der Waals surface area contributed by atoms with Crippen molar-refractivity contribution in [2.45, 2.75) is 31.2 Å². The number of thioether (sulfide) groups is 1. The van der Waals surface area contributed by atoms with Gasteiger partial charge in [-0.3, -0.25) is 19.4 Å². The Morgan fingerprint density at radius 3 is 2.33 bits per heavy atom. The highest BCUT2D eigenvalue weighted by Gasteiger charge is 2.20. The van der Waals surface area contributed by atoms with Crippen molar-refractivity contribution in [2.75, 3.05) is 10.6 Å². The Balaban J connectivity index is 1.75. The Morgan fingerprint density at radius 1 is 0.970 bits per heavy atom. The lowest BCUT2D eigenvalue weighted by molar-refractivity contribution is -0.119. The molecule has 3 N–H and O–H groups in total. The van der Waals surface area contributed by atoms with Gasteiger partial charge in [0.15, 0.2) is 10.9 Å². The SMILES string of the molecule is CC(C)C(=O)Nc1ccccc1-c1nnc(S[C@H](C)C(=O)Nc2ccc(F)cc2F)[nH]c1=O. The van der Waals surface area contributed by atoms with Crippen molar-refractivity contribution in [3.63, 3.8) is 0 Å². The van der Waals surface area contributed by atoms with Crippen LogP contribution in [0.3, 0.4) is 0 Å². The smallest absolute Gasteiger partial charge is 0.278 e. The molecule has 1 heterocycles. The molecule has 2 amide bonds. The number of nitrogens with one attached hydrogen (secondary N) is 3. The van der Waals surface area contributed by atoms with Gasteiger partial charge < -0.3 is 10.6 Å². The summed E-state index contributed by atoms with van der Waals surface area (Å²) in [5, 5.41) is 12.4. The molecule has 3 rings (SSSR count). The zero-order valence-electron chi connectivity index (χ0n) is 18.0. The number of aromatic amines is 1. The van der Waals surface area contributed by atoms with Crippen LogP contribution >= 0.6 is 11.8 Å². The summed E-state index contributed by atoms with van der Waals surface area (Å²) in [4.78, 5) is 39.7. The number of nitrogens with zero attached hydrogens (tertiary/aromatic N) is 2. The molecule has 0 aliphatic rings. The fraction of sp³-hybridized carbons (Fsp3) is 0.227. The van der Waals surface area contributed by atoms with Crippen LogP contribution in [0.15, 0.2) is 52.4 Å². The van der Waals surface area contributed by atoms with Gasteiger partial charge in [0.25, 0.3) is 5.56 Å². The number of carbonyl (C=O) groups is 2. The van der Waals surface area contributed by atoms with Crippen molar-refractivity contribution >= 4 is 35.0 Å². The maximum atomic E-state index is 13.8. The number of H-pyrrole nitrogens is 1. The molecule has 0 fully saturated rings. The van der Waals surface area contributed by atoms with Crippen LogP contribution in [0.25, 0.3) is 11.3 Å². The van der Waals surface area contributed by atoms with E-state index in [4.69, 9.17) is 0 Å². The van der Waals surface area contributed by atoms with Gasteiger partial charge in [-0.2, -0.15) is 0 Å². The number of para-hydroxylation sites is 1. The van der Waals surface area contributed by atoms with Crippen molar-refractivity contribution in [3.05, 3.63) is 64.5 Å². The number of hydrogen-bond acceptors (Lipinski definition) is 6. The highest BCUT2D eigenvalue weighted by Crippen LogP contribution is 2.25. The quantitative estimate of drug-likeness (QED) is 0.449. The summed E-state index contributed by atoms with van der Waals surface area (Å²) in [6, 6.07) is 9.51. The predicted octanol–water partition coefficient (Wildman–Crippen LogP) is 3.82. The summed E-state index contributed by atoms with van der Waals surface area (Å²) in [6.45, 7) is 5.03. The molecule has 1 atom stereocenters. The first-order valence-corrected chi connectivity index (χ1v) is 10.8. The molecule has 0 aliphatic heterocycles. The molecule has 0 unspecified atom stereocenters. The number of benzene rings is 2. The van der Waals surface area contributed by atoms with Crippen LogP contribution < -0.4 is 16.2 Å². The van der Waals surface area contributed by atoms with E-state index in [1.165, 1.54) is 6.92 Å².